The summed E-state index contributed by atoms with van der Waals surface area (Å²) in [5.74, 6) is -3.26. The van der Waals surface area contributed by atoms with Crippen LogP contribution in [0.1, 0.15) is 90.2 Å². The molecule has 5 aliphatic carbocycles. The number of phenols is 2. The van der Waals surface area contributed by atoms with Crippen LogP contribution in [-0.2, 0) is 16.0 Å². The summed E-state index contributed by atoms with van der Waals surface area (Å²) in [6.45, 7) is 9.46. The summed E-state index contributed by atoms with van der Waals surface area (Å²) >= 11 is 0. The zero-order valence-corrected chi connectivity index (χ0v) is 28.1. The summed E-state index contributed by atoms with van der Waals surface area (Å²) in [4.78, 5) is 14.5. The van der Waals surface area contributed by atoms with Gasteiger partial charge < -0.3 is 45.6 Å². The van der Waals surface area contributed by atoms with Gasteiger partial charge in [-0.25, -0.2) is 0 Å². The smallest absolute Gasteiger partial charge is 0.160 e. The van der Waals surface area contributed by atoms with Crippen LogP contribution in [0.3, 0.4) is 0 Å². The van der Waals surface area contributed by atoms with Crippen molar-refractivity contribution in [2.75, 3.05) is 6.61 Å². The van der Waals surface area contributed by atoms with Crippen LogP contribution in [0.15, 0.2) is 23.8 Å². The van der Waals surface area contributed by atoms with E-state index < -0.39 is 69.8 Å². The third kappa shape index (κ3) is 4.12. The maximum atomic E-state index is 14.5. The van der Waals surface area contributed by atoms with Crippen LogP contribution in [0.25, 0.3) is 0 Å². The number of carbonyl (C=O) groups is 1. The Morgan fingerprint density at radius 1 is 1.02 bits per heavy atom. The highest BCUT2D eigenvalue weighted by molar-refractivity contribution is 5.96. The van der Waals surface area contributed by atoms with Crippen molar-refractivity contribution in [3.63, 3.8) is 0 Å². The van der Waals surface area contributed by atoms with Crippen molar-refractivity contribution < 1.29 is 50.4 Å². The maximum absolute atomic E-state index is 14.5. The Morgan fingerprint density at radius 2 is 1.72 bits per heavy atom. The Kier molecular flexibility index (Phi) is 7.46. The second-order valence-corrected chi connectivity index (χ2v) is 16.9. The molecule has 0 aromatic heterocycles. The highest BCUT2D eigenvalue weighted by Gasteiger charge is 2.77. The molecule has 1 saturated heterocycles. The van der Waals surface area contributed by atoms with Crippen molar-refractivity contribution in [3.8, 4) is 11.5 Å². The van der Waals surface area contributed by atoms with E-state index in [1.807, 2.05) is 34.6 Å². The van der Waals surface area contributed by atoms with Gasteiger partial charge in [-0.3, -0.25) is 4.79 Å². The molecular weight excluding hydrogens is 604 g/mol. The quantitative estimate of drug-likeness (QED) is 0.234. The predicted molar refractivity (Wildman–Crippen MR) is 170 cm³/mol. The predicted octanol–water partition coefficient (Wildman–Crippen LogP) is 2.46. The molecule has 1 aliphatic heterocycles. The van der Waals surface area contributed by atoms with Crippen molar-refractivity contribution in [1.29, 1.82) is 0 Å². The summed E-state index contributed by atoms with van der Waals surface area (Å²) in [6, 6.07) is 2.74. The summed E-state index contributed by atoms with van der Waals surface area (Å²) in [7, 11) is 0. The molecule has 10 heteroatoms. The van der Waals surface area contributed by atoms with Gasteiger partial charge in [0.1, 0.15) is 23.2 Å². The summed E-state index contributed by atoms with van der Waals surface area (Å²) in [5.41, 5.74) is -5.06. The fraction of sp³-hybridized carbons (Fsp3) is 0.757. The van der Waals surface area contributed by atoms with Crippen molar-refractivity contribution in [2.24, 2.45) is 40.4 Å². The lowest BCUT2D eigenvalue weighted by molar-refractivity contribution is -0.202. The monoisotopic (exact) mass is 656 g/mol. The molecule has 0 amide bonds. The molecule has 1 heterocycles. The molecule has 0 unspecified atom stereocenters. The van der Waals surface area contributed by atoms with Gasteiger partial charge in [0.25, 0.3) is 0 Å². The fourth-order valence-corrected chi connectivity index (χ4v) is 11.9. The van der Waals surface area contributed by atoms with Gasteiger partial charge in [-0.1, -0.05) is 34.6 Å². The molecule has 14 atom stereocenters. The number of fused-ring (bicyclic) bond motifs is 11. The molecule has 1 aromatic rings. The maximum Gasteiger partial charge on any atom is 0.160 e. The topological polar surface area (TPSA) is 188 Å². The minimum atomic E-state index is -1.64. The average molecular weight is 657 g/mol. The van der Waals surface area contributed by atoms with Crippen LogP contribution in [0.2, 0.25) is 0 Å². The SMILES string of the molecule is CC(C)[C@H](C)[C@H](O)[C@@H]1O[C@H]2C[C@@]3(O)C4=CC(=O)[C@@H]5[C@H]6c7cc(O)cc(O)c7CC[C@]6(O)[C@@H](O)C[C@]5(C)[C@H]4CC[C@]3(C)[C@H]2[C@]1(O)CCO. The van der Waals surface area contributed by atoms with E-state index in [1.165, 1.54) is 18.2 Å². The van der Waals surface area contributed by atoms with E-state index >= 15 is 0 Å². The second kappa shape index (κ2) is 10.5. The molecule has 6 aliphatic rings. The number of aliphatic hydroxyl groups is 6. The van der Waals surface area contributed by atoms with Gasteiger partial charge in [0.05, 0.1) is 29.5 Å². The number of ketones is 1. The number of aromatic hydroxyl groups is 2. The number of allylic oxidation sites excluding steroid dienone is 1. The first-order chi connectivity index (χ1) is 21.9. The summed E-state index contributed by atoms with van der Waals surface area (Å²) in [5, 5.41) is 91.7. The molecule has 8 N–H and O–H groups in total. The zero-order chi connectivity index (χ0) is 34.2. The zero-order valence-electron chi connectivity index (χ0n) is 28.1. The van der Waals surface area contributed by atoms with Crippen molar-refractivity contribution in [3.05, 3.63) is 34.9 Å². The van der Waals surface area contributed by atoms with Gasteiger partial charge in [0.15, 0.2) is 5.78 Å². The summed E-state index contributed by atoms with van der Waals surface area (Å²) in [6.07, 6.45) is -0.565. The van der Waals surface area contributed by atoms with E-state index in [2.05, 4.69) is 0 Å². The highest BCUT2D eigenvalue weighted by atomic mass is 16.5. The van der Waals surface area contributed by atoms with E-state index in [1.54, 1.807) is 0 Å². The van der Waals surface area contributed by atoms with Crippen molar-refractivity contribution >= 4 is 5.78 Å². The largest absolute Gasteiger partial charge is 0.508 e. The lowest BCUT2D eigenvalue weighted by atomic mass is 9.41. The van der Waals surface area contributed by atoms with Gasteiger partial charge >= 0.3 is 0 Å². The van der Waals surface area contributed by atoms with Gasteiger partial charge in [-0.15, -0.1) is 0 Å². The van der Waals surface area contributed by atoms with Crippen molar-refractivity contribution in [2.45, 2.75) is 127 Å². The Hall–Kier alpha value is -2.05. The highest BCUT2D eigenvalue weighted by Crippen LogP contribution is 2.73. The Labute approximate surface area is 276 Å². The Balaban J connectivity index is 1.32. The lowest BCUT2D eigenvalue weighted by Gasteiger charge is -2.64. The normalized spacial score (nSPS) is 48.0. The minimum absolute atomic E-state index is 0.0286. The number of hydrogen-bond donors (Lipinski definition) is 8. The first-order valence-corrected chi connectivity index (χ1v) is 17.5. The molecule has 7 rings (SSSR count). The first-order valence-electron chi connectivity index (χ1n) is 17.5. The lowest BCUT2D eigenvalue weighted by Crippen LogP contribution is -2.67. The van der Waals surface area contributed by atoms with Crippen LogP contribution in [-0.4, -0.2) is 94.5 Å². The molecule has 1 aromatic carbocycles. The van der Waals surface area contributed by atoms with E-state index in [0.29, 0.717) is 29.5 Å². The van der Waals surface area contributed by atoms with E-state index in [-0.39, 0.29) is 73.7 Å². The van der Waals surface area contributed by atoms with E-state index in [0.717, 1.165) is 0 Å². The van der Waals surface area contributed by atoms with Crippen LogP contribution in [0.5, 0.6) is 11.5 Å². The van der Waals surface area contributed by atoms with Crippen LogP contribution < -0.4 is 0 Å². The molecule has 3 saturated carbocycles. The van der Waals surface area contributed by atoms with Crippen LogP contribution >= 0.6 is 0 Å². The van der Waals surface area contributed by atoms with Gasteiger partial charge in [-0.05, 0) is 84.1 Å². The van der Waals surface area contributed by atoms with E-state index in [4.69, 9.17) is 4.74 Å². The van der Waals surface area contributed by atoms with Gasteiger partial charge in [-0.2, -0.15) is 0 Å². The molecule has 47 heavy (non-hydrogen) atoms. The van der Waals surface area contributed by atoms with E-state index in [9.17, 15) is 45.6 Å². The third-order valence-corrected chi connectivity index (χ3v) is 14.6. The number of aliphatic hydroxyl groups excluding tert-OH is 3. The number of rotatable bonds is 5. The summed E-state index contributed by atoms with van der Waals surface area (Å²) < 4.78 is 6.51. The average Bonchev–Trinajstić information content (AvgIpc) is 3.40. The molecular formula is C37H52O10. The number of phenolic OH excluding ortho intramolecular Hbond substituents is 2. The van der Waals surface area contributed by atoms with Crippen LogP contribution in [0.4, 0.5) is 0 Å². The molecule has 10 nitrogen and oxygen atoms in total. The van der Waals surface area contributed by atoms with Gasteiger partial charge in [0, 0.05) is 48.7 Å². The number of hydrogen-bond acceptors (Lipinski definition) is 10. The molecule has 0 spiro atoms. The molecule has 260 valence electrons. The molecule has 0 radical (unpaired) electrons. The van der Waals surface area contributed by atoms with Gasteiger partial charge in [0.2, 0.25) is 0 Å². The third-order valence-electron chi connectivity index (χ3n) is 14.6. The second-order valence-electron chi connectivity index (χ2n) is 16.9. The molecule has 0 bridgehead atoms. The Bertz CT molecular complexity index is 1510. The van der Waals surface area contributed by atoms with Crippen LogP contribution in [0, 0.1) is 40.4 Å². The minimum Gasteiger partial charge on any atom is -0.508 e. The van der Waals surface area contributed by atoms with Crippen molar-refractivity contribution in [1.82, 2.24) is 0 Å². The Morgan fingerprint density at radius 3 is 2.38 bits per heavy atom. The number of benzene rings is 1. The standard InChI is InChI=1S/C37H52O10/c1-17(2)18(3)30(43)32-36(45,10-11-38)31-26(47-32)15-37(46)23-14-25(41)29-28-21-12-19(39)13-24(40)20(21)6-9-35(28,44)27(42)16-33(29,4)22(23)7-8-34(31,37)5/h12-14,17-18,22,26-32,38-40,42-46H,6-11,15-16H2,1-5H3/t18-,22-,26-,27-,28+,29+,30-,31-,32-,33+,34+,35-,36+,37+/m0/s1. The number of carbonyl (C=O) groups excluding carboxylic acids is 1. The fourth-order valence-electron chi connectivity index (χ4n) is 11.9. The number of ether oxygens (including phenoxy) is 1. The first kappa shape index (κ1) is 33.4. The molecule has 4 fully saturated rings.